The quantitative estimate of drug-likeness (QED) is 0.682. The Hall–Kier alpha value is -2.18. The van der Waals surface area contributed by atoms with Crippen LogP contribution in [-0.4, -0.2) is 21.2 Å². The maximum absolute atomic E-state index is 12.1. The van der Waals surface area contributed by atoms with E-state index in [-0.39, 0.29) is 0 Å². The van der Waals surface area contributed by atoms with Crippen LogP contribution in [0.25, 0.3) is 10.9 Å². The van der Waals surface area contributed by atoms with E-state index in [0.717, 1.165) is 15.4 Å². The van der Waals surface area contributed by atoms with Gasteiger partial charge in [0.05, 0.1) is 11.7 Å². The van der Waals surface area contributed by atoms with Crippen LogP contribution in [0.3, 0.4) is 0 Å². The molecule has 0 bridgehead atoms. The van der Waals surface area contributed by atoms with E-state index in [0.29, 0.717) is 11.3 Å². The second-order valence-electron chi connectivity index (χ2n) is 4.62. The number of amides is 1. The summed E-state index contributed by atoms with van der Waals surface area (Å²) in [5.41, 5.74) is 2.05. The lowest BCUT2D eigenvalue weighted by atomic mass is 10.1. The number of hydrogen-bond donors (Lipinski definition) is 3. The summed E-state index contributed by atoms with van der Waals surface area (Å²) in [6.45, 7) is 0. The van der Waals surface area contributed by atoms with Crippen molar-refractivity contribution in [3.8, 4) is 0 Å². The number of rotatable bonds is 3. The fourth-order valence-corrected chi connectivity index (χ4v) is 2.29. The zero-order chi connectivity index (χ0) is 14.8. The molecule has 3 N–H and O–H groups in total. The normalized spacial score (nSPS) is 12.3. The summed E-state index contributed by atoms with van der Waals surface area (Å²) in [4.78, 5) is 12.1. The number of fused-ring (bicyclic) bond motifs is 1. The number of carbonyl (C=O) groups excluding carboxylic acids is 1. The molecule has 5 nitrogen and oxygen atoms in total. The number of halogens is 1. The molecule has 21 heavy (non-hydrogen) atoms. The van der Waals surface area contributed by atoms with Gasteiger partial charge in [0.25, 0.3) is 5.91 Å². The van der Waals surface area contributed by atoms with Crippen molar-refractivity contribution < 1.29 is 9.90 Å². The van der Waals surface area contributed by atoms with Gasteiger partial charge in [-0.25, -0.2) is 0 Å². The first-order chi connectivity index (χ1) is 10.1. The van der Waals surface area contributed by atoms with Gasteiger partial charge < -0.3 is 10.4 Å². The highest BCUT2D eigenvalue weighted by Crippen LogP contribution is 2.20. The number of hydrogen-bond acceptors (Lipinski definition) is 3. The minimum atomic E-state index is -1.21. The Kier molecular flexibility index (Phi) is 3.72. The van der Waals surface area contributed by atoms with Gasteiger partial charge in [-0.3, -0.25) is 9.89 Å². The Morgan fingerprint density at radius 3 is 2.76 bits per heavy atom. The average Bonchev–Trinajstić information content (AvgIpc) is 2.95. The van der Waals surface area contributed by atoms with Crippen molar-refractivity contribution in [2.24, 2.45) is 0 Å². The lowest BCUT2D eigenvalue weighted by Crippen LogP contribution is -2.20. The third-order valence-electron chi connectivity index (χ3n) is 3.14. The summed E-state index contributed by atoms with van der Waals surface area (Å²) >= 11 is 3.31. The largest absolute Gasteiger partial charge is 0.378 e. The zero-order valence-electron chi connectivity index (χ0n) is 10.9. The summed E-state index contributed by atoms with van der Waals surface area (Å²) in [7, 11) is 0. The average molecular weight is 346 g/mol. The molecule has 0 saturated carbocycles. The third-order valence-corrected chi connectivity index (χ3v) is 3.67. The van der Waals surface area contributed by atoms with Crippen molar-refractivity contribution >= 4 is 38.4 Å². The molecule has 0 radical (unpaired) electrons. The number of aliphatic hydroxyl groups excluding tert-OH is 1. The summed E-state index contributed by atoms with van der Waals surface area (Å²) < 4.78 is 0.893. The minimum Gasteiger partial charge on any atom is -0.378 e. The van der Waals surface area contributed by atoms with Crippen LogP contribution in [0.15, 0.2) is 53.1 Å². The number of benzene rings is 2. The van der Waals surface area contributed by atoms with Gasteiger partial charge in [0.2, 0.25) is 0 Å². The van der Waals surface area contributed by atoms with Gasteiger partial charge in [0, 0.05) is 15.5 Å². The molecule has 0 aliphatic carbocycles. The molecule has 0 aliphatic rings. The highest BCUT2D eigenvalue weighted by Gasteiger charge is 2.17. The first-order valence-corrected chi connectivity index (χ1v) is 7.10. The molecule has 106 valence electrons. The Bertz CT molecular complexity index is 783. The second-order valence-corrected chi connectivity index (χ2v) is 5.53. The van der Waals surface area contributed by atoms with Crippen LogP contribution in [-0.2, 0) is 4.79 Å². The molecule has 0 unspecified atom stereocenters. The third kappa shape index (κ3) is 2.96. The van der Waals surface area contributed by atoms with Crippen LogP contribution in [0.5, 0.6) is 0 Å². The summed E-state index contributed by atoms with van der Waals surface area (Å²) in [5, 5.41) is 20.4. The minimum absolute atomic E-state index is 0.472. The molecule has 0 saturated heterocycles. The standard InChI is InChI=1S/C15H12BrN3O2/c16-11-3-1-9(2-4-11)14(20)15(21)18-12-5-6-13-10(7-12)8-17-19-13/h1-8,14,20H,(H,17,19)(H,18,21)/t14-/m0/s1. The van der Waals surface area contributed by atoms with Gasteiger partial charge in [-0.05, 0) is 35.9 Å². The predicted octanol–water partition coefficient (Wildman–Crippen LogP) is 3.00. The molecule has 1 heterocycles. The van der Waals surface area contributed by atoms with Crippen LogP contribution in [0.1, 0.15) is 11.7 Å². The molecular formula is C15H12BrN3O2. The SMILES string of the molecule is O=C(Nc1ccc2[nH]ncc2c1)[C@@H](O)c1ccc(Br)cc1. The highest BCUT2D eigenvalue weighted by atomic mass is 79.9. The van der Waals surface area contributed by atoms with Crippen molar-refractivity contribution in [2.75, 3.05) is 5.32 Å². The smallest absolute Gasteiger partial charge is 0.257 e. The number of H-pyrrole nitrogens is 1. The highest BCUT2D eigenvalue weighted by molar-refractivity contribution is 9.10. The number of nitrogens with one attached hydrogen (secondary N) is 2. The van der Waals surface area contributed by atoms with Gasteiger partial charge >= 0.3 is 0 Å². The predicted molar refractivity (Wildman–Crippen MR) is 83.8 cm³/mol. The number of nitrogens with zero attached hydrogens (tertiary/aromatic N) is 1. The molecule has 0 fully saturated rings. The lowest BCUT2D eigenvalue weighted by Gasteiger charge is -2.12. The summed E-state index contributed by atoms with van der Waals surface area (Å²) in [6, 6.07) is 12.3. The number of anilines is 1. The van der Waals surface area contributed by atoms with Crippen molar-refractivity contribution in [3.63, 3.8) is 0 Å². The molecule has 2 aromatic carbocycles. The van der Waals surface area contributed by atoms with Crippen LogP contribution in [0.4, 0.5) is 5.69 Å². The van der Waals surface area contributed by atoms with Crippen LogP contribution in [0.2, 0.25) is 0 Å². The van der Waals surface area contributed by atoms with E-state index in [1.54, 1.807) is 42.6 Å². The van der Waals surface area contributed by atoms with E-state index < -0.39 is 12.0 Å². The van der Waals surface area contributed by atoms with E-state index in [1.807, 2.05) is 6.07 Å². The summed E-state index contributed by atoms with van der Waals surface area (Å²) in [5.74, 6) is -0.472. The fourth-order valence-electron chi connectivity index (χ4n) is 2.03. The molecule has 3 rings (SSSR count). The molecule has 6 heteroatoms. The molecule has 0 spiro atoms. The Morgan fingerprint density at radius 1 is 1.24 bits per heavy atom. The number of aliphatic hydroxyl groups is 1. The monoisotopic (exact) mass is 345 g/mol. The molecule has 3 aromatic rings. The summed E-state index contributed by atoms with van der Waals surface area (Å²) in [6.07, 6.45) is 0.467. The van der Waals surface area contributed by atoms with E-state index in [4.69, 9.17) is 0 Å². The van der Waals surface area contributed by atoms with Crippen LogP contribution in [0, 0.1) is 0 Å². The molecule has 1 aromatic heterocycles. The maximum atomic E-state index is 12.1. The van der Waals surface area contributed by atoms with Gasteiger partial charge in [0.1, 0.15) is 0 Å². The van der Waals surface area contributed by atoms with Gasteiger partial charge in [-0.1, -0.05) is 28.1 Å². The van der Waals surface area contributed by atoms with Crippen molar-refractivity contribution in [1.82, 2.24) is 10.2 Å². The topological polar surface area (TPSA) is 78.0 Å². The number of aromatic amines is 1. The second kappa shape index (κ2) is 5.67. The van der Waals surface area contributed by atoms with Gasteiger partial charge in [-0.15, -0.1) is 0 Å². The van der Waals surface area contributed by atoms with E-state index in [1.165, 1.54) is 0 Å². The molecule has 0 aliphatic heterocycles. The Labute approximate surface area is 129 Å². The maximum Gasteiger partial charge on any atom is 0.257 e. The van der Waals surface area contributed by atoms with E-state index in [2.05, 4.69) is 31.4 Å². The molecule has 1 atom stereocenters. The molecule has 1 amide bonds. The Morgan fingerprint density at radius 2 is 2.00 bits per heavy atom. The lowest BCUT2D eigenvalue weighted by molar-refractivity contribution is -0.124. The van der Waals surface area contributed by atoms with Crippen molar-refractivity contribution in [3.05, 3.63) is 58.7 Å². The van der Waals surface area contributed by atoms with E-state index >= 15 is 0 Å². The van der Waals surface area contributed by atoms with Gasteiger partial charge in [-0.2, -0.15) is 5.10 Å². The number of carbonyl (C=O) groups is 1. The first kappa shape index (κ1) is 13.8. The van der Waals surface area contributed by atoms with Crippen molar-refractivity contribution in [1.29, 1.82) is 0 Å². The van der Waals surface area contributed by atoms with E-state index in [9.17, 15) is 9.90 Å². The van der Waals surface area contributed by atoms with Crippen LogP contribution < -0.4 is 5.32 Å². The number of aromatic nitrogens is 2. The first-order valence-electron chi connectivity index (χ1n) is 6.31. The fraction of sp³-hybridized carbons (Fsp3) is 0.0667. The van der Waals surface area contributed by atoms with Crippen LogP contribution >= 0.6 is 15.9 Å². The molecular weight excluding hydrogens is 334 g/mol. The Balaban J connectivity index is 1.77. The van der Waals surface area contributed by atoms with Gasteiger partial charge in [0.15, 0.2) is 6.10 Å². The zero-order valence-corrected chi connectivity index (χ0v) is 12.5. The van der Waals surface area contributed by atoms with Crippen molar-refractivity contribution in [2.45, 2.75) is 6.10 Å².